The third kappa shape index (κ3) is 7.54. The fourth-order valence-corrected chi connectivity index (χ4v) is 6.91. The Kier molecular flexibility index (Phi) is 12.1. The molecule has 10 heteroatoms. The number of nitrogens with two attached hydrogens (primary N) is 2. The molecule has 0 bridgehead atoms. The molecule has 3 heterocycles. The second-order valence-corrected chi connectivity index (χ2v) is 11.6. The minimum atomic E-state index is -0.897. The minimum absolute atomic E-state index is 0.0561. The van der Waals surface area contributed by atoms with Gasteiger partial charge in [-0.25, -0.2) is 14.8 Å². The summed E-state index contributed by atoms with van der Waals surface area (Å²) in [6.45, 7) is 9.76. The Balaban J connectivity index is 1.95. The van der Waals surface area contributed by atoms with Gasteiger partial charge in [-0.15, -0.1) is 0 Å². The zero-order valence-electron chi connectivity index (χ0n) is 24.7. The summed E-state index contributed by atoms with van der Waals surface area (Å²) in [7, 11) is 2.00. The summed E-state index contributed by atoms with van der Waals surface area (Å²) in [6.07, 6.45) is 10.4. The minimum Gasteiger partial charge on any atom is -0.327 e. The number of rotatable bonds is 12. The molecule has 3 rings (SSSR count). The second-order valence-electron chi connectivity index (χ2n) is 11.6. The molecule has 9 nitrogen and oxygen atoms in total. The first kappa shape index (κ1) is 31.8. The summed E-state index contributed by atoms with van der Waals surface area (Å²) in [5, 5.41) is 12.1. The number of aliphatic imine (C=N–C) groups is 1. The topological polar surface area (TPSA) is 133 Å². The molecule has 1 fully saturated rings. The van der Waals surface area contributed by atoms with Gasteiger partial charge < -0.3 is 22.1 Å². The zero-order valence-corrected chi connectivity index (χ0v) is 24.7. The lowest BCUT2D eigenvalue weighted by Crippen LogP contribution is -2.58. The van der Waals surface area contributed by atoms with Crippen LogP contribution in [0.15, 0.2) is 28.2 Å². The van der Waals surface area contributed by atoms with Crippen molar-refractivity contribution in [3.8, 4) is 0 Å². The highest BCUT2D eigenvalue weighted by Crippen LogP contribution is 2.46. The molecule has 0 saturated carbocycles. The lowest BCUT2D eigenvalue weighted by molar-refractivity contribution is -0.126. The van der Waals surface area contributed by atoms with Gasteiger partial charge in [-0.05, 0) is 55.1 Å². The molecule has 0 aliphatic carbocycles. The van der Waals surface area contributed by atoms with Crippen molar-refractivity contribution in [3.63, 3.8) is 0 Å². The number of unbranched alkanes of at least 4 members (excludes halogenated alkanes) is 1. The van der Waals surface area contributed by atoms with E-state index in [1.165, 1.54) is 0 Å². The van der Waals surface area contributed by atoms with Gasteiger partial charge in [0.25, 0.3) is 0 Å². The van der Waals surface area contributed by atoms with Gasteiger partial charge in [0.1, 0.15) is 5.83 Å². The van der Waals surface area contributed by atoms with Crippen molar-refractivity contribution in [3.05, 3.63) is 23.2 Å². The van der Waals surface area contributed by atoms with E-state index in [1.807, 2.05) is 24.3 Å². The molecule has 1 amide bonds. The molecule has 3 aliphatic rings. The van der Waals surface area contributed by atoms with Gasteiger partial charge in [0, 0.05) is 37.5 Å². The largest absolute Gasteiger partial charge is 0.327 e. The molecule has 0 radical (unpaired) electrons. The van der Waals surface area contributed by atoms with Crippen LogP contribution in [0.1, 0.15) is 79.1 Å². The SMILES string of the molecule is CCCCC1(CC)CC(C(C(=O)NC2=C(C3NCNN3C)C(CCC)C=NC2)C(N)N)NCC(F)=CC1CC. The summed E-state index contributed by atoms with van der Waals surface area (Å²) in [4.78, 5) is 18.7. The maximum atomic E-state index is 15.0. The molecule has 3 aliphatic heterocycles. The lowest BCUT2D eigenvalue weighted by Gasteiger charge is -2.45. The molecule has 1 saturated heterocycles. The number of halogens is 1. The highest BCUT2D eigenvalue weighted by atomic mass is 19.1. The van der Waals surface area contributed by atoms with Gasteiger partial charge in [-0.1, -0.05) is 47.0 Å². The first-order valence-corrected chi connectivity index (χ1v) is 15.0. The molecule has 0 aromatic rings. The van der Waals surface area contributed by atoms with E-state index in [2.05, 4.69) is 54.1 Å². The van der Waals surface area contributed by atoms with Crippen LogP contribution in [0.4, 0.5) is 4.39 Å². The van der Waals surface area contributed by atoms with Crippen LogP contribution in [0.2, 0.25) is 0 Å². The average molecular weight is 549 g/mol. The van der Waals surface area contributed by atoms with E-state index in [0.717, 1.165) is 56.2 Å². The quantitative estimate of drug-likeness (QED) is 0.207. The van der Waals surface area contributed by atoms with Gasteiger partial charge in [0.2, 0.25) is 5.91 Å². The standard InChI is InChI=1S/C29H53FN8O/c1-6-10-12-29(9-4)14-22(34-16-21(30)13-20(29)8-3)25(26(31)32)28(39)37-23-17-33-15-19(11-7-2)24(23)27-35-18-36-38(27)5/h13,15,19-20,22,25-27,34-36H,6-12,14,16-18,31-32H2,1-5H3,(H,37,39). The number of amides is 1. The molecule has 0 spiro atoms. The van der Waals surface area contributed by atoms with Gasteiger partial charge >= 0.3 is 0 Å². The van der Waals surface area contributed by atoms with Crippen LogP contribution >= 0.6 is 0 Å². The smallest absolute Gasteiger partial charge is 0.231 e. The lowest BCUT2D eigenvalue weighted by atomic mass is 9.63. The monoisotopic (exact) mass is 548 g/mol. The Hall–Kier alpha value is -1.69. The van der Waals surface area contributed by atoms with E-state index in [1.54, 1.807) is 0 Å². The number of dihydropyridines is 1. The Bertz CT molecular complexity index is 906. The fourth-order valence-electron chi connectivity index (χ4n) is 6.91. The summed E-state index contributed by atoms with van der Waals surface area (Å²) in [5.41, 5.74) is 17.8. The van der Waals surface area contributed by atoms with Crippen LogP contribution in [0.3, 0.4) is 0 Å². The van der Waals surface area contributed by atoms with Crippen LogP contribution in [0.5, 0.6) is 0 Å². The number of hydrogen-bond donors (Lipinski definition) is 6. The van der Waals surface area contributed by atoms with Crippen LogP contribution < -0.4 is 32.8 Å². The van der Waals surface area contributed by atoms with Crippen molar-refractivity contribution in [1.29, 1.82) is 0 Å². The van der Waals surface area contributed by atoms with Crippen molar-refractivity contribution in [2.75, 3.05) is 26.8 Å². The number of nitrogens with one attached hydrogen (secondary N) is 4. The summed E-state index contributed by atoms with van der Waals surface area (Å²) in [5.74, 6) is -0.908. The van der Waals surface area contributed by atoms with Crippen LogP contribution in [-0.2, 0) is 4.79 Å². The average Bonchev–Trinajstić information content (AvgIpc) is 3.32. The maximum Gasteiger partial charge on any atom is 0.231 e. The molecular weight excluding hydrogens is 495 g/mol. The first-order chi connectivity index (χ1) is 18.7. The predicted molar refractivity (Wildman–Crippen MR) is 157 cm³/mol. The number of likely N-dealkylation sites (N-methyl/N-ethyl adjacent to an activating group) is 1. The van der Waals surface area contributed by atoms with Crippen LogP contribution in [0, 0.1) is 23.2 Å². The Labute approximate surface area is 234 Å². The van der Waals surface area contributed by atoms with Crippen molar-refractivity contribution in [2.24, 2.45) is 39.6 Å². The van der Waals surface area contributed by atoms with E-state index in [-0.39, 0.29) is 47.7 Å². The number of carbonyl (C=O) groups excluding carboxylic acids is 1. The molecule has 8 N–H and O–H groups in total. The third-order valence-electron chi connectivity index (χ3n) is 9.11. The molecular formula is C29H53FN8O. The van der Waals surface area contributed by atoms with Crippen LogP contribution in [0.25, 0.3) is 0 Å². The van der Waals surface area contributed by atoms with Crippen molar-refractivity contribution < 1.29 is 9.18 Å². The first-order valence-electron chi connectivity index (χ1n) is 15.0. The van der Waals surface area contributed by atoms with Gasteiger partial charge in [-0.2, -0.15) is 0 Å². The summed E-state index contributed by atoms with van der Waals surface area (Å²) >= 11 is 0. The number of hydrogen-bond acceptors (Lipinski definition) is 8. The van der Waals surface area contributed by atoms with Gasteiger partial charge in [0.15, 0.2) is 0 Å². The van der Waals surface area contributed by atoms with Gasteiger partial charge in [0.05, 0.1) is 31.5 Å². The second kappa shape index (κ2) is 14.8. The number of allylic oxidation sites excluding steroid dienone is 1. The van der Waals surface area contributed by atoms with E-state index in [4.69, 9.17) is 11.5 Å². The van der Waals surface area contributed by atoms with Crippen molar-refractivity contribution in [1.82, 2.24) is 26.4 Å². The Morgan fingerprint density at radius 2 is 2.03 bits per heavy atom. The summed E-state index contributed by atoms with van der Waals surface area (Å²) < 4.78 is 15.0. The van der Waals surface area contributed by atoms with E-state index in [9.17, 15) is 4.79 Å². The fraction of sp³-hybridized carbons (Fsp3) is 0.793. The predicted octanol–water partition coefficient (Wildman–Crippen LogP) is 2.87. The third-order valence-corrected chi connectivity index (χ3v) is 9.11. The van der Waals surface area contributed by atoms with E-state index in [0.29, 0.717) is 19.6 Å². The molecule has 6 atom stereocenters. The Morgan fingerprint density at radius 1 is 1.26 bits per heavy atom. The highest BCUT2D eigenvalue weighted by Gasteiger charge is 2.43. The van der Waals surface area contributed by atoms with Crippen molar-refractivity contribution in [2.45, 2.75) is 97.4 Å². The number of hydrazine groups is 1. The van der Waals surface area contributed by atoms with E-state index < -0.39 is 12.1 Å². The Morgan fingerprint density at radius 3 is 2.62 bits per heavy atom. The number of carbonyl (C=O) groups is 1. The maximum absolute atomic E-state index is 15.0. The molecule has 6 unspecified atom stereocenters. The normalized spacial score (nSPS) is 31.3. The molecule has 222 valence electrons. The molecule has 0 aromatic heterocycles. The van der Waals surface area contributed by atoms with Crippen LogP contribution in [-0.4, -0.2) is 62.3 Å². The van der Waals surface area contributed by atoms with Gasteiger partial charge in [-0.3, -0.25) is 15.1 Å². The number of nitrogens with zero attached hydrogens (tertiary/aromatic N) is 2. The zero-order chi connectivity index (χ0) is 28.6. The van der Waals surface area contributed by atoms with E-state index >= 15 is 4.39 Å². The molecule has 0 aromatic carbocycles. The van der Waals surface area contributed by atoms with Crippen molar-refractivity contribution >= 4 is 12.1 Å². The summed E-state index contributed by atoms with van der Waals surface area (Å²) in [6, 6.07) is -0.355. The molecule has 39 heavy (non-hydrogen) atoms. The highest BCUT2D eigenvalue weighted by molar-refractivity contribution is 5.83.